The van der Waals surface area contributed by atoms with Crippen molar-refractivity contribution in [1.82, 2.24) is 5.32 Å². The van der Waals surface area contributed by atoms with E-state index in [-0.39, 0.29) is 18.8 Å². The molecule has 0 aliphatic rings. The van der Waals surface area contributed by atoms with E-state index in [0.717, 1.165) is 0 Å². The average molecular weight is 261 g/mol. The fourth-order valence-corrected chi connectivity index (χ4v) is 1.56. The van der Waals surface area contributed by atoms with Crippen LogP contribution in [0.15, 0.2) is 18.2 Å². The highest BCUT2D eigenvalue weighted by molar-refractivity contribution is 6.30. The molecule has 0 radical (unpaired) electrons. The SMILES string of the molecule is NC(CNCc1cc(Cl)ccc1F)CC(=O)O. The largest absolute Gasteiger partial charge is 0.481 e. The van der Waals surface area contributed by atoms with Gasteiger partial charge in [0, 0.05) is 29.7 Å². The van der Waals surface area contributed by atoms with Crippen LogP contribution in [0.3, 0.4) is 0 Å². The highest BCUT2D eigenvalue weighted by Gasteiger charge is 2.08. The monoisotopic (exact) mass is 260 g/mol. The molecule has 0 aromatic heterocycles. The number of halogens is 2. The third kappa shape index (κ3) is 5.12. The average Bonchev–Trinajstić information content (AvgIpc) is 2.22. The molecule has 17 heavy (non-hydrogen) atoms. The van der Waals surface area contributed by atoms with Crippen molar-refractivity contribution < 1.29 is 14.3 Å². The highest BCUT2D eigenvalue weighted by Crippen LogP contribution is 2.14. The molecular weight excluding hydrogens is 247 g/mol. The van der Waals surface area contributed by atoms with E-state index < -0.39 is 12.0 Å². The van der Waals surface area contributed by atoms with Crippen molar-refractivity contribution in [2.75, 3.05) is 6.54 Å². The van der Waals surface area contributed by atoms with Gasteiger partial charge in [0.2, 0.25) is 0 Å². The number of nitrogens with two attached hydrogens (primary N) is 1. The van der Waals surface area contributed by atoms with Gasteiger partial charge in [-0.3, -0.25) is 4.79 Å². The third-order valence-electron chi connectivity index (χ3n) is 2.17. The zero-order chi connectivity index (χ0) is 12.8. The van der Waals surface area contributed by atoms with Crippen LogP contribution in [0.4, 0.5) is 4.39 Å². The first-order valence-electron chi connectivity index (χ1n) is 5.11. The number of carboxylic acids is 1. The summed E-state index contributed by atoms with van der Waals surface area (Å²) < 4.78 is 13.3. The Labute approximate surface area is 104 Å². The number of benzene rings is 1. The molecule has 1 aromatic carbocycles. The van der Waals surface area contributed by atoms with Crippen molar-refractivity contribution in [2.24, 2.45) is 5.73 Å². The number of carboxylic acid groups (broad SMARTS) is 1. The van der Waals surface area contributed by atoms with E-state index in [1.165, 1.54) is 18.2 Å². The van der Waals surface area contributed by atoms with Crippen LogP contribution >= 0.6 is 11.6 Å². The first kappa shape index (κ1) is 13.9. The molecule has 1 unspecified atom stereocenters. The van der Waals surface area contributed by atoms with Crippen molar-refractivity contribution in [1.29, 1.82) is 0 Å². The number of carbonyl (C=O) groups is 1. The highest BCUT2D eigenvalue weighted by atomic mass is 35.5. The molecule has 1 atom stereocenters. The van der Waals surface area contributed by atoms with Crippen molar-refractivity contribution >= 4 is 17.6 Å². The van der Waals surface area contributed by atoms with E-state index >= 15 is 0 Å². The number of aliphatic carboxylic acids is 1. The van der Waals surface area contributed by atoms with Gasteiger partial charge in [-0.25, -0.2) is 4.39 Å². The zero-order valence-electron chi connectivity index (χ0n) is 9.12. The molecule has 0 saturated heterocycles. The molecule has 0 aliphatic heterocycles. The molecule has 0 spiro atoms. The van der Waals surface area contributed by atoms with Crippen LogP contribution in [0.25, 0.3) is 0 Å². The Morgan fingerprint density at radius 2 is 2.29 bits per heavy atom. The summed E-state index contributed by atoms with van der Waals surface area (Å²) in [6.45, 7) is 0.567. The summed E-state index contributed by atoms with van der Waals surface area (Å²) in [6.07, 6.45) is -0.120. The normalized spacial score (nSPS) is 12.4. The Bertz CT molecular complexity index is 401. The zero-order valence-corrected chi connectivity index (χ0v) is 9.88. The second-order valence-electron chi connectivity index (χ2n) is 3.72. The standard InChI is InChI=1S/C11H14ClFN2O2/c12-8-1-2-10(13)7(3-8)5-15-6-9(14)4-11(16)17/h1-3,9,15H,4-6,14H2,(H,16,17). The van der Waals surface area contributed by atoms with Crippen LogP contribution in [0.1, 0.15) is 12.0 Å². The number of hydrogen-bond acceptors (Lipinski definition) is 3. The summed E-state index contributed by atoms with van der Waals surface area (Å²) >= 11 is 5.73. The Morgan fingerprint density at radius 3 is 2.94 bits per heavy atom. The molecule has 6 heteroatoms. The summed E-state index contributed by atoms with van der Waals surface area (Å²) in [6, 6.07) is 3.79. The Balaban J connectivity index is 2.40. The van der Waals surface area contributed by atoms with E-state index in [2.05, 4.69) is 5.32 Å². The van der Waals surface area contributed by atoms with Gasteiger partial charge in [-0.1, -0.05) is 11.6 Å². The van der Waals surface area contributed by atoms with Gasteiger partial charge in [-0.05, 0) is 18.2 Å². The minimum Gasteiger partial charge on any atom is -0.481 e. The Morgan fingerprint density at radius 1 is 1.59 bits per heavy atom. The topological polar surface area (TPSA) is 75.3 Å². The predicted molar refractivity (Wildman–Crippen MR) is 63.3 cm³/mol. The molecule has 4 N–H and O–H groups in total. The fourth-order valence-electron chi connectivity index (χ4n) is 1.37. The van der Waals surface area contributed by atoms with E-state index in [4.69, 9.17) is 22.4 Å². The van der Waals surface area contributed by atoms with Crippen molar-refractivity contribution in [3.63, 3.8) is 0 Å². The first-order valence-corrected chi connectivity index (χ1v) is 5.49. The van der Waals surface area contributed by atoms with Crippen LogP contribution < -0.4 is 11.1 Å². The molecular formula is C11H14ClFN2O2. The number of rotatable bonds is 6. The van der Waals surface area contributed by atoms with Crippen LogP contribution in [-0.4, -0.2) is 23.7 Å². The molecule has 0 amide bonds. The summed E-state index contributed by atoms with van der Waals surface area (Å²) in [5.74, 6) is -1.30. The van der Waals surface area contributed by atoms with E-state index in [9.17, 15) is 9.18 Å². The van der Waals surface area contributed by atoms with Gasteiger partial charge in [0.25, 0.3) is 0 Å². The molecule has 4 nitrogen and oxygen atoms in total. The quantitative estimate of drug-likeness (QED) is 0.722. The predicted octanol–water partition coefficient (Wildman–Crippen LogP) is 1.37. The summed E-state index contributed by atoms with van der Waals surface area (Å²) in [5.41, 5.74) is 5.97. The first-order chi connectivity index (χ1) is 7.99. The van der Waals surface area contributed by atoms with Crippen LogP contribution in [-0.2, 0) is 11.3 Å². The van der Waals surface area contributed by atoms with Gasteiger partial charge in [0.15, 0.2) is 0 Å². The molecule has 1 rings (SSSR count). The maximum atomic E-state index is 13.3. The lowest BCUT2D eigenvalue weighted by atomic mass is 10.2. The lowest BCUT2D eigenvalue weighted by Gasteiger charge is -2.11. The molecule has 0 aliphatic carbocycles. The van der Waals surface area contributed by atoms with Gasteiger partial charge in [-0.15, -0.1) is 0 Å². The lowest BCUT2D eigenvalue weighted by molar-refractivity contribution is -0.137. The third-order valence-corrected chi connectivity index (χ3v) is 2.40. The Kier molecular flexibility index (Phi) is 5.34. The molecule has 94 valence electrons. The van der Waals surface area contributed by atoms with Crippen LogP contribution in [0.2, 0.25) is 5.02 Å². The molecule has 0 heterocycles. The molecule has 1 aromatic rings. The molecule has 0 bridgehead atoms. The Hall–Kier alpha value is -1.17. The van der Waals surface area contributed by atoms with Crippen LogP contribution in [0.5, 0.6) is 0 Å². The number of nitrogens with one attached hydrogen (secondary N) is 1. The van der Waals surface area contributed by atoms with E-state index in [0.29, 0.717) is 17.1 Å². The summed E-state index contributed by atoms with van der Waals surface area (Å²) in [4.78, 5) is 10.4. The smallest absolute Gasteiger partial charge is 0.304 e. The van der Waals surface area contributed by atoms with Crippen molar-refractivity contribution in [2.45, 2.75) is 19.0 Å². The van der Waals surface area contributed by atoms with Crippen molar-refractivity contribution in [3.05, 3.63) is 34.6 Å². The van der Waals surface area contributed by atoms with E-state index in [1.54, 1.807) is 0 Å². The molecule has 0 saturated carbocycles. The second-order valence-corrected chi connectivity index (χ2v) is 4.16. The van der Waals surface area contributed by atoms with Gasteiger partial charge in [-0.2, -0.15) is 0 Å². The maximum absolute atomic E-state index is 13.3. The van der Waals surface area contributed by atoms with Gasteiger partial charge in [0.1, 0.15) is 5.82 Å². The maximum Gasteiger partial charge on any atom is 0.304 e. The minimum atomic E-state index is -0.951. The summed E-state index contributed by atoms with van der Waals surface area (Å²) in [7, 11) is 0. The van der Waals surface area contributed by atoms with Gasteiger partial charge in [0.05, 0.1) is 6.42 Å². The van der Waals surface area contributed by atoms with Crippen molar-refractivity contribution in [3.8, 4) is 0 Å². The van der Waals surface area contributed by atoms with Crippen LogP contribution in [0, 0.1) is 5.82 Å². The van der Waals surface area contributed by atoms with Gasteiger partial charge >= 0.3 is 5.97 Å². The van der Waals surface area contributed by atoms with E-state index in [1.807, 2.05) is 0 Å². The number of hydrogen-bond donors (Lipinski definition) is 3. The summed E-state index contributed by atoms with van der Waals surface area (Å²) in [5, 5.41) is 11.8. The van der Waals surface area contributed by atoms with Gasteiger partial charge < -0.3 is 16.2 Å². The lowest BCUT2D eigenvalue weighted by Crippen LogP contribution is -2.35. The minimum absolute atomic E-state index is 0.120. The second kappa shape index (κ2) is 6.54. The fraction of sp³-hybridized carbons (Fsp3) is 0.364. The molecule has 0 fully saturated rings.